The maximum absolute atomic E-state index is 12.3. The zero-order chi connectivity index (χ0) is 17.8. The Morgan fingerprint density at radius 1 is 1.44 bits per heavy atom. The van der Waals surface area contributed by atoms with Crippen LogP contribution in [-0.2, 0) is 11.3 Å². The minimum Gasteiger partial charge on any atom is -0.381 e. The summed E-state index contributed by atoms with van der Waals surface area (Å²) in [5.41, 5.74) is 0.373. The number of ether oxygens (including phenoxy) is 1. The van der Waals surface area contributed by atoms with Crippen LogP contribution in [0.25, 0.3) is 0 Å². The van der Waals surface area contributed by atoms with Crippen molar-refractivity contribution in [3.8, 4) is 0 Å². The van der Waals surface area contributed by atoms with Crippen LogP contribution in [-0.4, -0.2) is 33.8 Å². The quantitative estimate of drug-likeness (QED) is 0.649. The van der Waals surface area contributed by atoms with Gasteiger partial charge in [-0.3, -0.25) is 19.6 Å². The molecule has 0 aliphatic carbocycles. The summed E-state index contributed by atoms with van der Waals surface area (Å²) in [5, 5.41) is 17.9. The highest BCUT2D eigenvalue weighted by Gasteiger charge is 2.18. The third kappa shape index (κ3) is 4.34. The van der Waals surface area contributed by atoms with Gasteiger partial charge in [-0.15, -0.1) is 0 Å². The van der Waals surface area contributed by atoms with E-state index in [1.807, 2.05) is 0 Å². The van der Waals surface area contributed by atoms with Crippen molar-refractivity contribution in [2.45, 2.75) is 19.4 Å². The van der Waals surface area contributed by atoms with Crippen molar-refractivity contribution in [2.24, 2.45) is 5.92 Å². The summed E-state index contributed by atoms with van der Waals surface area (Å²) in [7, 11) is 0. The summed E-state index contributed by atoms with van der Waals surface area (Å²) in [4.78, 5) is 22.6. The molecule has 1 aliphatic rings. The number of aromatic nitrogens is 2. The maximum Gasteiger partial charge on any atom is 0.270 e. The molecule has 1 fully saturated rings. The molecule has 25 heavy (non-hydrogen) atoms. The van der Waals surface area contributed by atoms with Gasteiger partial charge in [-0.2, -0.15) is 5.10 Å². The molecule has 1 aromatic carbocycles. The molecule has 0 unspecified atom stereocenters. The van der Waals surface area contributed by atoms with Crippen LogP contribution in [0.15, 0.2) is 30.6 Å². The number of amides is 1. The average Bonchev–Trinajstić information content (AvgIpc) is 3.02. The summed E-state index contributed by atoms with van der Waals surface area (Å²) in [6.45, 7) is 2.29. The first-order valence-electron chi connectivity index (χ1n) is 7.88. The predicted molar refractivity (Wildman–Crippen MR) is 91.8 cm³/mol. The van der Waals surface area contributed by atoms with Gasteiger partial charge in [0.1, 0.15) is 0 Å². The molecule has 3 rings (SSSR count). The molecule has 1 aliphatic heterocycles. The highest BCUT2D eigenvalue weighted by atomic mass is 35.5. The number of nitrogens with zero attached hydrogens (tertiary/aromatic N) is 3. The van der Waals surface area contributed by atoms with Crippen LogP contribution in [0.4, 0.5) is 11.4 Å². The Morgan fingerprint density at radius 2 is 2.20 bits per heavy atom. The highest BCUT2D eigenvalue weighted by molar-refractivity contribution is 6.34. The van der Waals surface area contributed by atoms with Crippen LogP contribution in [0, 0.1) is 16.0 Å². The Bertz CT molecular complexity index is 786. The summed E-state index contributed by atoms with van der Waals surface area (Å²) in [6.07, 6.45) is 5.26. The van der Waals surface area contributed by atoms with Crippen molar-refractivity contribution in [2.75, 3.05) is 18.5 Å². The van der Waals surface area contributed by atoms with Gasteiger partial charge in [0.25, 0.3) is 11.6 Å². The number of hydrogen-bond acceptors (Lipinski definition) is 5. The molecule has 8 nitrogen and oxygen atoms in total. The SMILES string of the molecule is O=C(Nc1cnn(CC2CCOCC2)c1)c1cc([N+](=O)[O-])ccc1Cl. The second-order valence-electron chi connectivity index (χ2n) is 5.88. The van der Waals surface area contributed by atoms with E-state index < -0.39 is 10.8 Å². The Morgan fingerprint density at radius 3 is 2.92 bits per heavy atom. The molecule has 0 atom stereocenters. The molecule has 0 spiro atoms. The Hall–Kier alpha value is -2.45. The monoisotopic (exact) mass is 364 g/mol. The van der Waals surface area contributed by atoms with E-state index in [2.05, 4.69) is 10.4 Å². The molecule has 2 heterocycles. The molecule has 132 valence electrons. The van der Waals surface area contributed by atoms with Crippen molar-refractivity contribution < 1.29 is 14.5 Å². The summed E-state index contributed by atoms with van der Waals surface area (Å²) < 4.78 is 7.11. The lowest BCUT2D eigenvalue weighted by Gasteiger charge is -2.21. The fourth-order valence-electron chi connectivity index (χ4n) is 2.72. The lowest BCUT2D eigenvalue weighted by atomic mass is 10.0. The molecule has 1 amide bonds. The molecule has 0 saturated carbocycles. The zero-order valence-corrected chi connectivity index (χ0v) is 14.1. The lowest BCUT2D eigenvalue weighted by molar-refractivity contribution is -0.384. The molecule has 1 saturated heterocycles. The van der Waals surface area contributed by atoms with Crippen molar-refractivity contribution in [1.82, 2.24) is 9.78 Å². The minimum atomic E-state index is -0.570. The number of benzene rings is 1. The fourth-order valence-corrected chi connectivity index (χ4v) is 2.92. The largest absolute Gasteiger partial charge is 0.381 e. The van der Waals surface area contributed by atoms with Crippen molar-refractivity contribution in [3.63, 3.8) is 0 Å². The number of anilines is 1. The molecule has 9 heteroatoms. The maximum atomic E-state index is 12.3. The Balaban J connectivity index is 1.67. The first kappa shape index (κ1) is 17.4. The van der Waals surface area contributed by atoms with Gasteiger partial charge in [0, 0.05) is 38.1 Å². The molecule has 2 aromatic rings. The Labute approximate surface area is 148 Å². The smallest absolute Gasteiger partial charge is 0.270 e. The number of nitrogens with one attached hydrogen (secondary N) is 1. The summed E-state index contributed by atoms with van der Waals surface area (Å²) in [6, 6.07) is 3.75. The van der Waals surface area contributed by atoms with Crippen molar-refractivity contribution in [1.29, 1.82) is 0 Å². The average molecular weight is 365 g/mol. The number of halogens is 1. The van der Waals surface area contributed by atoms with Gasteiger partial charge in [-0.05, 0) is 24.8 Å². The molecule has 1 N–H and O–H groups in total. The molecule has 1 aromatic heterocycles. The van der Waals surface area contributed by atoms with Gasteiger partial charge in [-0.25, -0.2) is 0 Å². The van der Waals surface area contributed by atoms with E-state index in [-0.39, 0.29) is 16.3 Å². The fraction of sp³-hybridized carbons (Fsp3) is 0.375. The third-order valence-electron chi connectivity index (χ3n) is 4.08. The number of nitro benzene ring substituents is 1. The second-order valence-corrected chi connectivity index (χ2v) is 6.29. The van der Waals surface area contributed by atoms with Gasteiger partial charge in [-0.1, -0.05) is 11.6 Å². The molecular weight excluding hydrogens is 348 g/mol. The van der Waals surface area contributed by atoms with Crippen LogP contribution < -0.4 is 5.32 Å². The highest BCUT2D eigenvalue weighted by Crippen LogP contribution is 2.23. The first-order chi connectivity index (χ1) is 12.0. The van der Waals surface area contributed by atoms with Crippen LogP contribution in [0.2, 0.25) is 5.02 Å². The van der Waals surface area contributed by atoms with E-state index in [0.717, 1.165) is 38.7 Å². The Kier molecular flexibility index (Phi) is 5.30. The van der Waals surface area contributed by atoms with Crippen molar-refractivity contribution >= 4 is 28.9 Å². The van der Waals surface area contributed by atoms with Crippen LogP contribution >= 0.6 is 11.6 Å². The topological polar surface area (TPSA) is 99.3 Å². The van der Waals surface area contributed by atoms with E-state index in [0.29, 0.717) is 11.6 Å². The number of carbonyl (C=O) groups excluding carboxylic acids is 1. The van der Waals surface area contributed by atoms with E-state index in [1.165, 1.54) is 12.1 Å². The zero-order valence-electron chi connectivity index (χ0n) is 13.4. The van der Waals surface area contributed by atoms with Gasteiger partial charge in [0.15, 0.2) is 0 Å². The number of hydrogen-bond donors (Lipinski definition) is 1. The van der Waals surface area contributed by atoms with Crippen LogP contribution in [0.1, 0.15) is 23.2 Å². The molecule has 0 bridgehead atoms. The molecular formula is C16H17ClN4O4. The lowest BCUT2D eigenvalue weighted by Crippen LogP contribution is -2.20. The van der Waals surface area contributed by atoms with Crippen molar-refractivity contribution in [3.05, 3.63) is 51.3 Å². The predicted octanol–water partition coefficient (Wildman–Crippen LogP) is 3.12. The third-order valence-corrected chi connectivity index (χ3v) is 4.41. The summed E-state index contributed by atoms with van der Waals surface area (Å²) in [5.74, 6) is -0.0114. The molecule has 0 radical (unpaired) electrons. The van der Waals surface area contributed by atoms with E-state index >= 15 is 0 Å². The van der Waals surface area contributed by atoms with Gasteiger partial charge < -0.3 is 10.1 Å². The van der Waals surface area contributed by atoms with E-state index in [1.54, 1.807) is 17.1 Å². The van der Waals surface area contributed by atoms with Crippen LogP contribution in [0.5, 0.6) is 0 Å². The number of carbonyl (C=O) groups is 1. The number of non-ortho nitro benzene ring substituents is 1. The van der Waals surface area contributed by atoms with Gasteiger partial charge >= 0.3 is 0 Å². The first-order valence-corrected chi connectivity index (χ1v) is 8.26. The van der Waals surface area contributed by atoms with E-state index in [9.17, 15) is 14.9 Å². The number of rotatable bonds is 5. The van der Waals surface area contributed by atoms with E-state index in [4.69, 9.17) is 16.3 Å². The summed E-state index contributed by atoms with van der Waals surface area (Å²) >= 11 is 5.98. The minimum absolute atomic E-state index is 0.0491. The van der Waals surface area contributed by atoms with Gasteiger partial charge in [0.05, 0.1) is 27.4 Å². The van der Waals surface area contributed by atoms with Gasteiger partial charge in [0.2, 0.25) is 0 Å². The normalized spacial score (nSPS) is 15.1. The number of nitro groups is 1. The van der Waals surface area contributed by atoms with Crippen LogP contribution in [0.3, 0.4) is 0 Å². The second kappa shape index (κ2) is 7.62. The standard InChI is InChI=1S/C16H17ClN4O4/c17-15-2-1-13(21(23)24)7-14(15)16(22)19-12-8-18-20(10-12)9-11-3-5-25-6-4-11/h1-2,7-8,10-11H,3-6,9H2,(H,19,22).